The first kappa shape index (κ1) is 11.0. The average molecular weight is 184 g/mol. The molecule has 0 spiro atoms. The molecule has 0 radical (unpaired) electrons. The lowest BCUT2D eigenvalue weighted by Gasteiger charge is -2.20. The quantitative estimate of drug-likeness (QED) is 0.674. The van der Waals surface area contributed by atoms with E-state index in [1.54, 1.807) is 0 Å². The van der Waals surface area contributed by atoms with E-state index < -0.39 is 0 Å². The van der Waals surface area contributed by atoms with Crippen molar-refractivity contribution in [1.82, 2.24) is 10.2 Å². The number of likely N-dealkylation sites (N-methyl/N-ethyl adjacent to an activating group) is 1. The second-order valence-electron chi connectivity index (χ2n) is 4.64. The van der Waals surface area contributed by atoms with Crippen LogP contribution in [0.4, 0.5) is 0 Å². The number of nitrogens with one attached hydrogen (secondary N) is 1. The Morgan fingerprint density at radius 2 is 2.15 bits per heavy atom. The molecule has 2 nitrogen and oxygen atoms in total. The van der Waals surface area contributed by atoms with Crippen LogP contribution >= 0.6 is 0 Å². The van der Waals surface area contributed by atoms with Crippen molar-refractivity contribution >= 4 is 0 Å². The molecular formula is C11H24N2. The van der Waals surface area contributed by atoms with Gasteiger partial charge < -0.3 is 10.2 Å². The van der Waals surface area contributed by atoms with Gasteiger partial charge in [-0.05, 0) is 45.3 Å². The summed E-state index contributed by atoms with van der Waals surface area (Å²) in [5, 5.41) is 3.60. The molecule has 1 saturated carbocycles. The van der Waals surface area contributed by atoms with E-state index in [1.807, 2.05) is 0 Å². The zero-order chi connectivity index (χ0) is 9.84. The Morgan fingerprint density at radius 1 is 1.54 bits per heavy atom. The van der Waals surface area contributed by atoms with Gasteiger partial charge in [-0.25, -0.2) is 0 Å². The van der Waals surface area contributed by atoms with Crippen molar-refractivity contribution in [3.63, 3.8) is 0 Å². The van der Waals surface area contributed by atoms with Crippen molar-refractivity contribution < 1.29 is 0 Å². The maximum atomic E-state index is 3.60. The maximum absolute atomic E-state index is 3.60. The fourth-order valence-electron chi connectivity index (χ4n) is 1.70. The van der Waals surface area contributed by atoms with E-state index in [0.29, 0.717) is 6.04 Å². The van der Waals surface area contributed by atoms with E-state index in [9.17, 15) is 0 Å². The van der Waals surface area contributed by atoms with E-state index >= 15 is 0 Å². The summed E-state index contributed by atoms with van der Waals surface area (Å²) >= 11 is 0. The van der Waals surface area contributed by atoms with Gasteiger partial charge in [0.2, 0.25) is 0 Å². The topological polar surface area (TPSA) is 15.3 Å². The number of hydrogen-bond acceptors (Lipinski definition) is 2. The Labute approximate surface area is 82.7 Å². The minimum absolute atomic E-state index is 0.637. The Balaban J connectivity index is 2.00. The van der Waals surface area contributed by atoms with Gasteiger partial charge in [-0.2, -0.15) is 0 Å². The Hall–Kier alpha value is -0.0800. The van der Waals surface area contributed by atoms with Crippen molar-refractivity contribution in [2.45, 2.75) is 33.2 Å². The maximum Gasteiger partial charge on any atom is 0.0166 e. The second-order valence-corrected chi connectivity index (χ2v) is 4.64. The molecule has 0 saturated heterocycles. The van der Waals surface area contributed by atoms with Crippen LogP contribution in [0.2, 0.25) is 0 Å². The fourth-order valence-corrected chi connectivity index (χ4v) is 1.70. The minimum Gasteiger partial charge on any atom is -0.313 e. The molecule has 1 fully saturated rings. The van der Waals surface area contributed by atoms with Crippen LogP contribution in [0.25, 0.3) is 0 Å². The molecule has 13 heavy (non-hydrogen) atoms. The van der Waals surface area contributed by atoms with Gasteiger partial charge in [0.1, 0.15) is 0 Å². The van der Waals surface area contributed by atoms with Gasteiger partial charge in [-0.15, -0.1) is 0 Å². The van der Waals surface area contributed by atoms with Crippen LogP contribution in [0.5, 0.6) is 0 Å². The third-order valence-corrected chi connectivity index (χ3v) is 3.13. The van der Waals surface area contributed by atoms with Gasteiger partial charge in [-0.1, -0.05) is 13.8 Å². The summed E-state index contributed by atoms with van der Waals surface area (Å²) in [6.07, 6.45) is 1.43. The average Bonchev–Trinajstić information content (AvgIpc) is 2.78. The predicted molar refractivity (Wildman–Crippen MR) is 57.9 cm³/mol. The van der Waals surface area contributed by atoms with Crippen molar-refractivity contribution in [2.75, 3.05) is 26.7 Å². The molecule has 0 heterocycles. The highest BCUT2D eigenvalue weighted by atomic mass is 15.1. The lowest BCUT2D eigenvalue weighted by molar-refractivity contribution is 0.308. The largest absolute Gasteiger partial charge is 0.313 e. The summed E-state index contributed by atoms with van der Waals surface area (Å²) < 4.78 is 0. The molecule has 0 aromatic rings. The van der Waals surface area contributed by atoms with Crippen molar-refractivity contribution in [2.24, 2.45) is 11.8 Å². The molecule has 1 N–H and O–H groups in total. The number of hydrogen-bond donors (Lipinski definition) is 1. The van der Waals surface area contributed by atoms with Crippen LogP contribution in [-0.2, 0) is 0 Å². The van der Waals surface area contributed by atoms with Crippen LogP contribution in [0.15, 0.2) is 0 Å². The molecular weight excluding hydrogens is 160 g/mol. The van der Waals surface area contributed by atoms with Crippen LogP contribution in [0.3, 0.4) is 0 Å². The van der Waals surface area contributed by atoms with Gasteiger partial charge in [-0.3, -0.25) is 0 Å². The molecule has 1 aliphatic carbocycles. The molecule has 0 aromatic carbocycles. The summed E-state index contributed by atoms with van der Waals surface area (Å²) in [4.78, 5) is 2.36. The second kappa shape index (κ2) is 4.97. The highest BCUT2D eigenvalue weighted by molar-refractivity contribution is 4.84. The van der Waals surface area contributed by atoms with Crippen molar-refractivity contribution in [3.05, 3.63) is 0 Å². The van der Waals surface area contributed by atoms with E-state index in [-0.39, 0.29) is 0 Å². The molecule has 0 bridgehead atoms. The number of rotatable bonds is 6. The first-order chi connectivity index (χ1) is 6.13. The van der Waals surface area contributed by atoms with Crippen LogP contribution < -0.4 is 5.32 Å². The fraction of sp³-hybridized carbons (Fsp3) is 1.00. The summed E-state index contributed by atoms with van der Waals surface area (Å²) in [7, 11) is 2.18. The van der Waals surface area contributed by atoms with Crippen molar-refractivity contribution in [3.8, 4) is 0 Å². The normalized spacial score (nSPS) is 29.3. The lowest BCUT2D eigenvalue weighted by Crippen LogP contribution is -2.38. The zero-order valence-electron chi connectivity index (χ0n) is 9.51. The molecule has 3 unspecified atom stereocenters. The van der Waals surface area contributed by atoms with E-state index in [4.69, 9.17) is 0 Å². The Bertz CT molecular complexity index is 147. The predicted octanol–water partition coefficient (Wildman–Crippen LogP) is 1.57. The van der Waals surface area contributed by atoms with Gasteiger partial charge >= 0.3 is 0 Å². The molecule has 78 valence electrons. The minimum atomic E-state index is 0.637. The van der Waals surface area contributed by atoms with Gasteiger partial charge in [0.25, 0.3) is 0 Å². The zero-order valence-corrected chi connectivity index (χ0v) is 9.51. The van der Waals surface area contributed by atoms with E-state index in [1.165, 1.54) is 13.0 Å². The first-order valence-corrected chi connectivity index (χ1v) is 5.55. The van der Waals surface area contributed by atoms with Gasteiger partial charge in [0, 0.05) is 12.6 Å². The van der Waals surface area contributed by atoms with Crippen LogP contribution in [0, 0.1) is 11.8 Å². The lowest BCUT2D eigenvalue weighted by atomic mass is 10.2. The van der Waals surface area contributed by atoms with Crippen LogP contribution in [-0.4, -0.2) is 37.6 Å². The van der Waals surface area contributed by atoms with Gasteiger partial charge in [0.15, 0.2) is 0 Å². The Morgan fingerprint density at radius 3 is 2.62 bits per heavy atom. The van der Waals surface area contributed by atoms with E-state index in [0.717, 1.165) is 24.9 Å². The highest BCUT2D eigenvalue weighted by Gasteiger charge is 2.31. The molecule has 3 atom stereocenters. The third-order valence-electron chi connectivity index (χ3n) is 3.13. The molecule has 0 aromatic heterocycles. The Kier molecular flexibility index (Phi) is 4.20. The SMILES string of the molecule is CCN(C)CC(C)NCC1CC1C. The molecule has 1 aliphatic rings. The van der Waals surface area contributed by atoms with E-state index in [2.05, 4.69) is 38.0 Å². The van der Waals surface area contributed by atoms with Gasteiger partial charge in [0.05, 0.1) is 0 Å². The first-order valence-electron chi connectivity index (χ1n) is 5.55. The molecule has 0 aliphatic heterocycles. The number of nitrogens with zero attached hydrogens (tertiary/aromatic N) is 1. The standard InChI is InChI=1S/C11H24N2/c1-5-13(4)8-10(3)12-7-11-6-9(11)2/h9-12H,5-8H2,1-4H3. The molecule has 1 rings (SSSR count). The summed E-state index contributed by atoms with van der Waals surface area (Å²) in [5.74, 6) is 1.94. The monoisotopic (exact) mass is 184 g/mol. The third kappa shape index (κ3) is 4.10. The smallest absolute Gasteiger partial charge is 0.0166 e. The molecule has 2 heteroatoms. The van der Waals surface area contributed by atoms with Crippen molar-refractivity contribution in [1.29, 1.82) is 0 Å². The molecule has 0 amide bonds. The summed E-state index contributed by atoms with van der Waals surface area (Å²) in [5.41, 5.74) is 0. The summed E-state index contributed by atoms with van der Waals surface area (Å²) in [6, 6.07) is 0.637. The highest BCUT2D eigenvalue weighted by Crippen LogP contribution is 2.36. The summed E-state index contributed by atoms with van der Waals surface area (Å²) in [6.45, 7) is 10.4. The van der Waals surface area contributed by atoms with Crippen LogP contribution in [0.1, 0.15) is 27.2 Å².